The van der Waals surface area contributed by atoms with E-state index in [1.807, 2.05) is 0 Å². The van der Waals surface area contributed by atoms with Crippen molar-refractivity contribution in [2.24, 2.45) is 0 Å². The van der Waals surface area contributed by atoms with E-state index < -0.39 is 0 Å². The van der Waals surface area contributed by atoms with Crippen molar-refractivity contribution < 1.29 is 0 Å². The maximum Gasteiger partial charge on any atom is 0.0355 e. The third kappa shape index (κ3) is 1.37. The second-order valence-electron chi connectivity index (χ2n) is 5.69. The van der Waals surface area contributed by atoms with Gasteiger partial charge in [-0.3, -0.25) is 0 Å². The highest BCUT2D eigenvalue weighted by Gasteiger charge is 2.37. The number of benzene rings is 1. The van der Waals surface area contributed by atoms with Crippen LogP contribution in [0.3, 0.4) is 0 Å². The van der Waals surface area contributed by atoms with Crippen molar-refractivity contribution in [1.82, 2.24) is 0 Å². The molecule has 1 aromatic carbocycles. The van der Waals surface area contributed by atoms with Crippen LogP contribution in [-0.2, 0) is 5.41 Å². The first-order valence-electron chi connectivity index (χ1n) is 5.74. The smallest absolute Gasteiger partial charge is 0.0355 e. The lowest BCUT2D eigenvalue weighted by Crippen LogP contribution is -2.14. The molecule has 0 radical (unpaired) electrons. The van der Waals surface area contributed by atoms with Crippen molar-refractivity contribution in [1.29, 1.82) is 0 Å². The van der Waals surface area contributed by atoms with Crippen LogP contribution in [0.4, 0.5) is 5.69 Å². The summed E-state index contributed by atoms with van der Waals surface area (Å²) in [4.78, 5) is 0. The molecule has 0 saturated carbocycles. The molecule has 1 unspecified atom stereocenters. The number of nitrogen functional groups attached to an aromatic ring is 1. The number of anilines is 1. The molecule has 0 bridgehead atoms. The zero-order valence-electron chi connectivity index (χ0n) is 10.4. The Bertz CT molecular complexity index is 416. The van der Waals surface area contributed by atoms with Gasteiger partial charge in [0.15, 0.2) is 0 Å². The summed E-state index contributed by atoms with van der Waals surface area (Å²) >= 11 is 0. The molecule has 1 aliphatic carbocycles. The summed E-state index contributed by atoms with van der Waals surface area (Å²) in [5.41, 5.74) is 13.1. The van der Waals surface area contributed by atoms with E-state index in [-0.39, 0.29) is 0 Å². The zero-order valence-corrected chi connectivity index (χ0v) is 10.4. The highest BCUT2D eigenvalue weighted by Crippen LogP contribution is 2.49. The van der Waals surface area contributed by atoms with Crippen molar-refractivity contribution >= 4 is 5.69 Å². The first kappa shape index (κ1) is 10.5. The minimum absolute atomic E-state index is 0.291. The monoisotopic (exact) mass is 203 g/mol. The molecule has 1 nitrogen and oxygen atoms in total. The molecule has 0 aliphatic heterocycles. The van der Waals surface area contributed by atoms with Gasteiger partial charge in [0.25, 0.3) is 0 Å². The summed E-state index contributed by atoms with van der Waals surface area (Å²) < 4.78 is 0. The molecule has 0 heterocycles. The third-order valence-corrected chi connectivity index (χ3v) is 3.90. The molecular formula is C14H21N. The Kier molecular flexibility index (Phi) is 2.11. The van der Waals surface area contributed by atoms with Gasteiger partial charge in [-0.2, -0.15) is 0 Å². The van der Waals surface area contributed by atoms with Crippen molar-refractivity contribution in [3.05, 3.63) is 28.3 Å². The largest absolute Gasteiger partial charge is 0.398 e. The van der Waals surface area contributed by atoms with Crippen LogP contribution in [0.25, 0.3) is 0 Å². The Labute approximate surface area is 92.7 Å². The van der Waals surface area contributed by atoms with Crippen LogP contribution in [0.15, 0.2) is 6.07 Å². The van der Waals surface area contributed by atoms with Gasteiger partial charge >= 0.3 is 0 Å². The van der Waals surface area contributed by atoms with Gasteiger partial charge in [-0.25, -0.2) is 0 Å². The van der Waals surface area contributed by atoms with Crippen LogP contribution >= 0.6 is 0 Å². The zero-order chi connectivity index (χ0) is 11.4. The van der Waals surface area contributed by atoms with E-state index >= 15 is 0 Å². The lowest BCUT2D eigenvalue weighted by atomic mass is 9.82. The second-order valence-corrected chi connectivity index (χ2v) is 5.69. The van der Waals surface area contributed by atoms with Gasteiger partial charge in [0.2, 0.25) is 0 Å². The van der Waals surface area contributed by atoms with Crippen molar-refractivity contribution in [2.45, 2.75) is 52.4 Å². The van der Waals surface area contributed by atoms with Gasteiger partial charge in [0.1, 0.15) is 0 Å². The number of hydrogen-bond donors (Lipinski definition) is 1. The summed E-state index contributed by atoms with van der Waals surface area (Å²) in [5.74, 6) is 0.606. The number of nitrogens with two attached hydrogens (primary N) is 1. The van der Waals surface area contributed by atoms with Crippen LogP contribution in [0, 0.1) is 13.8 Å². The normalized spacial score (nSPS) is 22.9. The van der Waals surface area contributed by atoms with E-state index in [1.165, 1.54) is 28.7 Å². The fourth-order valence-corrected chi connectivity index (χ4v) is 3.34. The lowest BCUT2D eigenvalue weighted by Gasteiger charge is -2.23. The maximum atomic E-state index is 6.15. The molecule has 0 fully saturated rings. The van der Waals surface area contributed by atoms with Crippen LogP contribution in [0.5, 0.6) is 0 Å². The van der Waals surface area contributed by atoms with E-state index in [9.17, 15) is 0 Å². The average Bonchev–Trinajstić information content (AvgIpc) is 2.32. The van der Waals surface area contributed by atoms with E-state index in [4.69, 9.17) is 5.73 Å². The van der Waals surface area contributed by atoms with Crippen molar-refractivity contribution in [3.63, 3.8) is 0 Å². The Morgan fingerprint density at radius 2 is 1.93 bits per heavy atom. The van der Waals surface area contributed by atoms with Gasteiger partial charge in [-0.1, -0.05) is 20.8 Å². The van der Waals surface area contributed by atoms with E-state index in [0.29, 0.717) is 11.3 Å². The summed E-state index contributed by atoms with van der Waals surface area (Å²) in [7, 11) is 0. The van der Waals surface area contributed by atoms with E-state index in [1.54, 1.807) is 0 Å². The molecule has 0 saturated heterocycles. The first-order chi connectivity index (χ1) is 6.84. The maximum absolute atomic E-state index is 6.15. The highest BCUT2D eigenvalue weighted by atomic mass is 14.6. The number of fused-ring (bicyclic) bond motifs is 1. The van der Waals surface area contributed by atoms with Crippen molar-refractivity contribution in [2.75, 3.05) is 5.73 Å². The Morgan fingerprint density at radius 1 is 1.33 bits per heavy atom. The van der Waals surface area contributed by atoms with Gasteiger partial charge in [-0.05, 0) is 59.9 Å². The summed E-state index contributed by atoms with van der Waals surface area (Å²) in [6.45, 7) is 11.3. The Balaban J connectivity index is 2.79. The molecule has 2 rings (SSSR count). The Hall–Kier alpha value is -0.980. The molecule has 1 aliphatic rings. The molecule has 0 spiro atoms. The SMILES string of the molecule is Cc1cc(N)c2c(c1C)C(C)(C)CC2C. The first-order valence-corrected chi connectivity index (χ1v) is 5.74. The third-order valence-electron chi connectivity index (χ3n) is 3.90. The molecule has 2 N–H and O–H groups in total. The molecule has 82 valence electrons. The highest BCUT2D eigenvalue weighted by molar-refractivity contribution is 5.62. The number of hydrogen-bond acceptors (Lipinski definition) is 1. The minimum atomic E-state index is 0.291. The van der Waals surface area contributed by atoms with Gasteiger partial charge in [-0.15, -0.1) is 0 Å². The van der Waals surface area contributed by atoms with Gasteiger partial charge < -0.3 is 5.73 Å². The van der Waals surface area contributed by atoms with Crippen LogP contribution in [-0.4, -0.2) is 0 Å². The predicted molar refractivity (Wildman–Crippen MR) is 66.4 cm³/mol. The van der Waals surface area contributed by atoms with Gasteiger partial charge in [0.05, 0.1) is 0 Å². The fraction of sp³-hybridized carbons (Fsp3) is 0.571. The quantitative estimate of drug-likeness (QED) is 0.640. The molecule has 0 amide bonds. The van der Waals surface area contributed by atoms with E-state index in [2.05, 4.69) is 40.7 Å². The minimum Gasteiger partial charge on any atom is -0.398 e. The molecule has 1 heteroatoms. The van der Waals surface area contributed by atoms with E-state index in [0.717, 1.165) is 5.69 Å². The van der Waals surface area contributed by atoms with Crippen LogP contribution < -0.4 is 5.73 Å². The average molecular weight is 203 g/mol. The van der Waals surface area contributed by atoms with Crippen LogP contribution in [0.2, 0.25) is 0 Å². The number of aryl methyl sites for hydroxylation is 1. The van der Waals surface area contributed by atoms with Gasteiger partial charge in [0, 0.05) is 5.69 Å². The Morgan fingerprint density at radius 3 is 2.53 bits per heavy atom. The second kappa shape index (κ2) is 3.01. The lowest BCUT2D eigenvalue weighted by molar-refractivity contribution is 0.487. The summed E-state index contributed by atoms with van der Waals surface area (Å²) in [6, 6.07) is 2.13. The molecule has 0 aromatic heterocycles. The summed E-state index contributed by atoms with van der Waals surface area (Å²) in [5, 5.41) is 0. The molecule has 15 heavy (non-hydrogen) atoms. The standard InChI is InChI=1S/C14H21N/c1-8-6-11(15)12-9(2)7-14(4,5)13(12)10(8)3/h6,9H,7,15H2,1-5H3. The molecular weight excluding hydrogens is 182 g/mol. The summed E-state index contributed by atoms with van der Waals surface area (Å²) in [6.07, 6.45) is 1.22. The molecule has 1 atom stereocenters. The predicted octanol–water partition coefficient (Wildman–Crippen LogP) is 3.67. The molecule has 1 aromatic rings. The number of rotatable bonds is 0. The van der Waals surface area contributed by atoms with Crippen molar-refractivity contribution in [3.8, 4) is 0 Å². The fourth-order valence-electron chi connectivity index (χ4n) is 3.34. The topological polar surface area (TPSA) is 26.0 Å². The van der Waals surface area contributed by atoms with Crippen LogP contribution in [0.1, 0.15) is 55.4 Å².